The van der Waals surface area contributed by atoms with Crippen LogP contribution in [0.4, 0.5) is 0 Å². The van der Waals surface area contributed by atoms with Crippen LogP contribution in [0.3, 0.4) is 0 Å². The molecule has 4 heteroatoms. The highest BCUT2D eigenvalue weighted by Gasteiger charge is 2.06. The van der Waals surface area contributed by atoms with Crippen molar-refractivity contribution in [3.63, 3.8) is 0 Å². The van der Waals surface area contributed by atoms with Crippen LogP contribution in [-0.4, -0.2) is 19.6 Å². The molecule has 0 bridgehead atoms. The number of hydrogen-bond donors (Lipinski definition) is 2. The Balaban J connectivity index is 2.36. The van der Waals surface area contributed by atoms with Crippen molar-refractivity contribution < 1.29 is 9.53 Å². The minimum Gasteiger partial charge on any atom is -0.497 e. The number of nitrogens with two attached hydrogens (primary N) is 1. The summed E-state index contributed by atoms with van der Waals surface area (Å²) in [6.45, 7) is 3.04. The van der Waals surface area contributed by atoms with E-state index in [1.54, 1.807) is 7.11 Å². The highest BCUT2D eigenvalue weighted by atomic mass is 16.5. The van der Waals surface area contributed by atoms with Gasteiger partial charge in [0, 0.05) is 13.0 Å². The summed E-state index contributed by atoms with van der Waals surface area (Å²) in [6, 6.07) is 7.63. The molecule has 94 valence electrons. The van der Waals surface area contributed by atoms with Crippen LogP contribution >= 0.6 is 0 Å². The molecule has 0 aromatic heterocycles. The molecule has 0 fully saturated rings. The van der Waals surface area contributed by atoms with Gasteiger partial charge >= 0.3 is 0 Å². The fourth-order valence-electron chi connectivity index (χ4n) is 1.42. The van der Waals surface area contributed by atoms with E-state index in [9.17, 15) is 4.79 Å². The third-order valence-electron chi connectivity index (χ3n) is 2.58. The van der Waals surface area contributed by atoms with Gasteiger partial charge in [0.1, 0.15) is 5.75 Å². The van der Waals surface area contributed by atoms with Gasteiger partial charge in [0.25, 0.3) is 0 Å². The normalized spacial score (nSPS) is 11.9. The zero-order valence-corrected chi connectivity index (χ0v) is 10.4. The molecular weight excluding hydrogens is 216 g/mol. The van der Waals surface area contributed by atoms with Crippen LogP contribution in [0.25, 0.3) is 0 Å². The Labute approximate surface area is 102 Å². The summed E-state index contributed by atoms with van der Waals surface area (Å²) in [5.74, 6) is 1.08. The standard InChI is InChI=1S/C13H20N2O2/c1-10(8-14)7-13(16)15-9-11-3-5-12(17-2)6-4-11/h3-6,10H,7-9,14H2,1-2H3,(H,15,16). The SMILES string of the molecule is COc1ccc(CNC(=O)CC(C)CN)cc1. The first-order valence-electron chi connectivity index (χ1n) is 5.75. The number of ether oxygens (including phenoxy) is 1. The number of hydrogen-bond acceptors (Lipinski definition) is 3. The van der Waals surface area contributed by atoms with Gasteiger partial charge in [-0.05, 0) is 30.2 Å². The number of nitrogens with one attached hydrogen (secondary N) is 1. The Morgan fingerprint density at radius 1 is 1.41 bits per heavy atom. The van der Waals surface area contributed by atoms with Gasteiger partial charge in [0.15, 0.2) is 0 Å². The highest BCUT2D eigenvalue weighted by Crippen LogP contribution is 2.11. The fourth-order valence-corrected chi connectivity index (χ4v) is 1.42. The lowest BCUT2D eigenvalue weighted by Gasteiger charge is -2.09. The average Bonchev–Trinajstić information content (AvgIpc) is 2.36. The first kappa shape index (κ1) is 13.5. The second-order valence-electron chi connectivity index (χ2n) is 4.17. The van der Waals surface area contributed by atoms with E-state index >= 15 is 0 Å². The van der Waals surface area contributed by atoms with Gasteiger partial charge in [0.05, 0.1) is 7.11 Å². The third kappa shape index (κ3) is 4.87. The van der Waals surface area contributed by atoms with Crippen molar-refractivity contribution in [2.24, 2.45) is 11.7 Å². The van der Waals surface area contributed by atoms with E-state index in [2.05, 4.69) is 5.32 Å². The minimum absolute atomic E-state index is 0.0405. The average molecular weight is 236 g/mol. The first-order chi connectivity index (χ1) is 8.15. The summed E-state index contributed by atoms with van der Waals surface area (Å²) in [5, 5.41) is 2.87. The maximum Gasteiger partial charge on any atom is 0.220 e. The Hall–Kier alpha value is -1.55. The fraction of sp³-hybridized carbons (Fsp3) is 0.462. The smallest absolute Gasteiger partial charge is 0.220 e. The lowest BCUT2D eigenvalue weighted by Crippen LogP contribution is -2.26. The predicted molar refractivity (Wildman–Crippen MR) is 67.7 cm³/mol. The molecule has 0 aliphatic rings. The monoisotopic (exact) mass is 236 g/mol. The molecule has 1 amide bonds. The van der Waals surface area contributed by atoms with Gasteiger partial charge in [-0.3, -0.25) is 4.79 Å². The molecule has 17 heavy (non-hydrogen) atoms. The van der Waals surface area contributed by atoms with Crippen LogP contribution in [-0.2, 0) is 11.3 Å². The summed E-state index contributed by atoms with van der Waals surface area (Å²) in [7, 11) is 1.63. The van der Waals surface area contributed by atoms with E-state index < -0.39 is 0 Å². The Kier molecular flexibility index (Phi) is 5.49. The second-order valence-corrected chi connectivity index (χ2v) is 4.17. The summed E-state index contributed by atoms with van der Waals surface area (Å²) < 4.78 is 5.06. The Morgan fingerprint density at radius 2 is 2.06 bits per heavy atom. The number of benzene rings is 1. The molecule has 1 aromatic rings. The van der Waals surface area contributed by atoms with Crippen LogP contribution in [0.1, 0.15) is 18.9 Å². The largest absolute Gasteiger partial charge is 0.497 e. The summed E-state index contributed by atoms with van der Waals surface area (Å²) in [4.78, 5) is 11.5. The molecule has 0 heterocycles. The van der Waals surface area contributed by atoms with Crippen molar-refractivity contribution in [1.82, 2.24) is 5.32 Å². The number of carbonyl (C=O) groups excluding carboxylic acids is 1. The number of rotatable bonds is 6. The molecule has 4 nitrogen and oxygen atoms in total. The molecule has 1 atom stereocenters. The highest BCUT2D eigenvalue weighted by molar-refractivity contribution is 5.76. The topological polar surface area (TPSA) is 64.3 Å². The van der Waals surface area contributed by atoms with Crippen LogP contribution in [0.5, 0.6) is 5.75 Å². The molecule has 0 aliphatic heterocycles. The van der Waals surface area contributed by atoms with Crippen LogP contribution in [0.15, 0.2) is 24.3 Å². The van der Waals surface area contributed by atoms with Crippen LogP contribution in [0, 0.1) is 5.92 Å². The zero-order valence-electron chi connectivity index (χ0n) is 10.4. The summed E-state index contributed by atoms with van der Waals surface area (Å²) in [5.41, 5.74) is 6.52. The third-order valence-corrected chi connectivity index (χ3v) is 2.58. The van der Waals surface area contributed by atoms with Crippen LogP contribution in [0.2, 0.25) is 0 Å². The zero-order chi connectivity index (χ0) is 12.7. The molecule has 1 unspecified atom stereocenters. The molecule has 0 saturated heterocycles. The van der Waals surface area contributed by atoms with Crippen molar-refractivity contribution in [2.75, 3.05) is 13.7 Å². The van der Waals surface area contributed by atoms with E-state index in [1.807, 2.05) is 31.2 Å². The maximum atomic E-state index is 11.5. The molecular formula is C13H20N2O2. The van der Waals surface area contributed by atoms with E-state index in [1.165, 1.54) is 0 Å². The quantitative estimate of drug-likeness (QED) is 0.782. The van der Waals surface area contributed by atoms with Gasteiger partial charge in [-0.2, -0.15) is 0 Å². The molecule has 1 aromatic carbocycles. The van der Waals surface area contributed by atoms with Gasteiger partial charge in [-0.1, -0.05) is 19.1 Å². The Bertz CT molecular complexity index is 349. The molecule has 0 radical (unpaired) electrons. The second kappa shape index (κ2) is 6.91. The molecule has 0 saturated carbocycles. The minimum atomic E-state index is 0.0405. The number of carbonyl (C=O) groups is 1. The molecule has 0 aliphatic carbocycles. The number of amides is 1. The van der Waals surface area contributed by atoms with Gasteiger partial charge in [0.2, 0.25) is 5.91 Å². The van der Waals surface area contributed by atoms with Crippen molar-refractivity contribution in [2.45, 2.75) is 19.9 Å². The van der Waals surface area contributed by atoms with Gasteiger partial charge in [-0.15, -0.1) is 0 Å². The van der Waals surface area contributed by atoms with E-state index in [0.29, 0.717) is 19.5 Å². The number of methoxy groups -OCH3 is 1. The van der Waals surface area contributed by atoms with Crippen molar-refractivity contribution in [1.29, 1.82) is 0 Å². The van der Waals surface area contributed by atoms with E-state index in [4.69, 9.17) is 10.5 Å². The van der Waals surface area contributed by atoms with Gasteiger partial charge in [-0.25, -0.2) is 0 Å². The predicted octanol–water partition coefficient (Wildman–Crippen LogP) is 1.30. The first-order valence-corrected chi connectivity index (χ1v) is 5.75. The van der Waals surface area contributed by atoms with Crippen molar-refractivity contribution in [3.8, 4) is 5.75 Å². The molecule has 3 N–H and O–H groups in total. The molecule has 1 rings (SSSR count). The van der Waals surface area contributed by atoms with E-state index in [-0.39, 0.29) is 11.8 Å². The molecule has 0 spiro atoms. The van der Waals surface area contributed by atoms with Crippen LogP contribution < -0.4 is 15.8 Å². The maximum absolute atomic E-state index is 11.5. The lowest BCUT2D eigenvalue weighted by molar-refractivity contribution is -0.122. The summed E-state index contributed by atoms with van der Waals surface area (Å²) in [6.07, 6.45) is 0.479. The van der Waals surface area contributed by atoms with E-state index in [0.717, 1.165) is 11.3 Å². The van der Waals surface area contributed by atoms with Crippen molar-refractivity contribution >= 4 is 5.91 Å². The van der Waals surface area contributed by atoms with Gasteiger partial charge < -0.3 is 15.8 Å². The Morgan fingerprint density at radius 3 is 2.59 bits per heavy atom. The van der Waals surface area contributed by atoms with Crippen molar-refractivity contribution in [3.05, 3.63) is 29.8 Å². The lowest BCUT2D eigenvalue weighted by atomic mass is 10.1. The summed E-state index contributed by atoms with van der Waals surface area (Å²) >= 11 is 0.